The van der Waals surface area contributed by atoms with Crippen LogP contribution in [0.1, 0.15) is 38.5 Å². The molecule has 2 rings (SSSR count). The maximum absolute atomic E-state index is 11.7. The number of hydrogen-bond acceptors (Lipinski definition) is 4. The highest BCUT2D eigenvalue weighted by atomic mass is 35.5. The minimum absolute atomic E-state index is 0. The van der Waals surface area contributed by atoms with Crippen LogP contribution in [-0.2, 0) is 9.53 Å². The second kappa shape index (κ2) is 8.74. The number of aliphatic hydroxyl groups excluding tert-OH is 1. The molecule has 2 aliphatic rings. The van der Waals surface area contributed by atoms with E-state index >= 15 is 0 Å². The molecule has 1 saturated carbocycles. The summed E-state index contributed by atoms with van der Waals surface area (Å²) in [6.45, 7) is 1.66. The van der Waals surface area contributed by atoms with Crippen LogP contribution < -0.4 is 10.6 Å². The summed E-state index contributed by atoms with van der Waals surface area (Å²) in [4.78, 5) is 11.7. The zero-order valence-corrected chi connectivity index (χ0v) is 12.1. The van der Waals surface area contributed by atoms with Gasteiger partial charge in [-0.3, -0.25) is 4.79 Å². The lowest BCUT2D eigenvalue weighted by molar-refractivity contribution is -0.123. The summed E-state index contributed by atoms with van der Waals surface area (Å²) in [7, 11) is 0. The molecule has 19 heavy (non-hydrogen) atoms. The minimum Gasteiger partial charge on any atom is -0.392 e. The third-order valence-electron chi connectivity index (χ3n) is 3.73. The van der Waals surface area contributed by atoms with Crippen LogP contribution in [0.25, 0.3) is 0 Å². The summed E-state index contributed by atoms with van der Waals surface area (Å²) in [6, 6.07) is -0.241. The lowest BCUT2D eigenvalue weighted by Gasteiger charge is -2.22. The van der Waals surface area contributed by atoms with Gasteiger partial charge in [0.15, 0.2) is 0 Å². The van der Waals surface area contributed by atoms with E-state index in [0.29, 0.717) is 32.2 Å². The van der Waals surface area contributed by atoms with Gasteiger partial charge in [-0.05, 0) is 19.3 Å². The first-order valence-corrected chi connectivity index (χ1v) is 7.06. The molecule has 5 nitrogen and oxygen atoms in total. The highest BCUT2D eigenvalue weighted by Gasteiger charge is 2.27. The number of rotatable bonds is 5. The lowest BCUT2D eigenvalue weighted by atomic mass is 9.98. The molecule has 1 aliphatic carbocycles. The van der Waals surface area contributed by atoms with E-state index in [9.17, 15) is 9.90 Å². The van der Waals surface area contributed by atoms with Crippen molar-refractivity contribution in [1.82, 2.24) is 10.6 Å². The average Bonchev–Trinajstić information content (AvgIpc) is 2.82. The Bertz CT molecular complexity index is 273. The normalized spacial score (nSPS) is 27.8. The summed E-state index contributed by atoms with van der Waals surface area (Å²) >= 11 is 0. The van der Waals surface area contributed by atoms with E-state index in [-0.39, 0.29) is 30.5 Å². The predicted octanol–water partition coefficient (Wildman–Crippen LogP) is 0.597. The first-order valence-electron chi connectivity index (χ1n) is 7.06. The van der Waals surface area contributed by atoms with Gasteiger partial charge in [0.1, 0.15) is 0 Å². The van der Waals surface area contributed by atoms with Gasteiger partial charge in [-0.15, -0.1) is 12.4 Å². The van der Waals surface area contributed by atoms with Crippen molar-refractivity contribution in [3.63, 3.8) is 0 Å². The molecular weight excluding hydrogens is 268 g/mol. The summed E-state index contributed by atoms with van der Waals surface area (Å²) in [6.07, 6.45) is 6.68. The van der Waals surface area contributed by atoms with Gasteiger partial charge in [-0.1, -0.05) is 19.3 Å². The number of hydrogen-bond donors (Lipinski definition) is 3. The van der Waals surface area contributed by atoms with Crippen molar-refractivity contribution in [2.75, 3.05) is 19.7 Å². The van der Waals surface area contributed by atoms with Gasteiger partial charge in [0.05, 0.1) is 24.9 Å². The molecular formula is C13H25ClN2O3. The Kier molecular flexibility index (Phi) is 7.68. The monoisotopic (exact) mass is 292 g/mol. The van der Waals surface area contributed by atoms with Crippen molar-refractivity contribution in [3.8, 4) is 0 Å². The van der Waals surface area contributed by atoms with E-state index in [1.807, 2.05) is 0 Å². The third-order valence-corrected chi connectivity index (χ3v) is 3.73. The van der Waals surface area contributed by atoms with Crippen LogP contribution in [0.2, 0.25) is 0 Å². The molecule has 6 heteroatoms. The molecule has 2 unspecified atom stereocenters. The standard InChI is InChI=1S/C13H24N2O3.ClH/c16-10-8-12(15-9-10)13(17)14-6-7-18-11-4-2-1-3-5-11;/h10-12,15-16H,1-9H2,(H,14,17);1H. The van der Waals surface area contributed by atoms with Crippen LogP contribution in [0, 0.1) is 0 Å². The molecule has 0 spiro atoms. The van der Waals surface area contributed by atoms with Crippen molar-refractivity contribution in [1.29, 1.82) is 0 Å². The van der Waals surface area contributed by atoms with Crippen molar-refractivity contribution in [3.05, 3.63) is 0 Å². The molecule has 1 amide bonds. The Hall–Kier alpha value is -0.360. The van der Waals surface area contributed by atoms with E-state index < -0.39 is 0 Å². The van der Waals surface area contributed by atoms with Gasteiger partial charge in [-0.25, -0.2) is 0 Å². The number of ether oxygens (including phenoxy) is 1. The van der Waals surface area contributed by atoms with Crippen LogP contribution in [-0.4, -0.2) is 49.0 Å². The number of nitrogens with one attached hydrogen (secondary N) is 2. The molecule has 1 saturated heterocycles. The fourth-order valence-electron chi connectivity index (χ4n) is 2.67. The van der Waals surface area contributed by atoms with Crippen molar-refractivity contribution >= 4 is 18.3 Å². The predicted molar refractivity (Wildman–Crippen MR) is 75.5 cm³/mol. The second-order valence-corrected chi connectivity index (χ2v) is 5.27. The van der Waals surface area contributed by atoms with Crippen molar-refractivity contribution < 1.29 is 14.6 Å². The number of carbonyl (C=O) groups is 1. The van der Waals surface area contributed by atoms with E-state index in [4.69, 9.17) is 4.74 Å². The number of β-amino-alcohol motifs (C(OH)–C–C–N with tert-alkyl or cyclic N) is 1. The van der Waals surface area contributed by atoms with Gasteiger partial charge in [0.2, 0.25) is 5.91 Å². The second-order valence-electron chi connectivity index (χ2n) is 5.27. The van der Waals surface area contributed by atoms with Crippen molar-refractivity contribution in [2.45, 2.75) is 56.8 Å². The Balaban J connectivity index is 0.00000180. The van der Waals surface area contributed by atoms with E-state index in [1.54, 1.807) is 0 Å². The smallest absolute Gasteiger partial charge is 0.237 e. The first-order chi connectivity index (χ1) is 8.75. The van der Waals surface area contributed by atoms with Crippen LogP contribution in [0.4, 0.5) is 0 Å². The third kappa shape index (κ3) is 5.65. The van der Waals surface area contributed by atoms with Gasteiger partial charge in [-0.2, -0.15) is 0 Å². The summed E-state index contributed by atoms with van der Waals surface area (Å²) in [5.74, 6) is -0.0289. The summed E-state index contributed by atoms with van der Waals surface area (Å²) < 4.78 is 5.73. The van der Waals surface area contributed by atoms with Gasteiger partial charge >= 0.3 is 0 Å². The minimum atomic E-state index is -0.390. The van der Waals surface area contributed by atoms with Crippen LogP contribution in [0.15, 0.2) is 0 Å². The highest BCUT2D eigenvalue weighted by Crippen LogP contribution is 2.19. The molecule has 0 aromatic heterocycles. The van der Waals surface area contributed by atoms with Crippen LogP contribution in [0.5, 0.6) is 0 Å². The van der Waals surface area contributed by atoms with Gasteiger partial charge in [0.25, 0.3) is 0 Å². The van der Waals surface area contributed by atoms with Gasteiger partial charge < -0.3 is 20.5 Å². The molecule has 0 aromatic carbocycles. The first kappa shape index (κ1) is 16.7. The molecule has 3 N–H and O–H groups in total. The molecule has 2 atom stereocenters. The molecule has 1 aliphatic heterocycles. The van der Waals surface area contributed by atoms with E-state index in [0.717, 1.165) is 12.8 Å². The molecule has 0 radical (unpaired) electrons. The zero-order chi connectivity index (χ0) is 12.8. The Morgan fingerprint density at radius 3 is 2.68 bits per heavy atom. The Labute approximate surface area is 120 Å². The fraction of sp³-hybridized carbons (Fsp3) is 0.923. The molecule has 1 heterocycles. The van der Waals surface area contributed by atoms with E-state index in [1.165, 1.54) is 19.3 Å². The summed E-state index contributed by atoms with van der Waals surface area (Å²) in [5.41, 5.74) is 0. The average molecular weight is 293 g/mol. The Morgan fingerprint density at radius 2 is 2.05 bits per heavy atom. The number of amides is 1. The number of halogens is 1. The van der Waals surface area contributed by atoms with Crippen LogP contribution in [0.3, 0.4) is 0 Å². The maximum atomic E-state index is 11.7. The highest BCUT2D eigenvalue weighted by molar-refractivity contribution is 5.85. The SMILES string of the molecule is Cl.O=C(NCCOC1CCCCC1)C1CC(O)CN1. The van der Waals surface area contributed by atoms with Gasteiger partial charge in [0, 0.05) is 13.1 Å². The van der Waals surface area contributed by atoms with E-state index in [2.05, 4.69) is 10.6 Å². The van der Waals surface area contributed by atoms with Crippen LogP contribution >= 0.6 is 12.4 Å². The fourth-order valence-corrected chi connectivity index (χ4v) is 2.67. The topological polar surface area (TPSA) is 70.6 Å². The lowest BCUT2D eigenvalue weighted by Crippen LogP contribution is -2.41. The molecule has 0 aromatic rings. The maximum Gasteiger partial charge on any atom is 0.237 e. The molecule has 112 valence electrons. The molecule has 0 bridgehead atoms. The largest absolute Gasteiger partial charge is 0.392 e. The van der Waals surface area contributed by atoms with Crippen molar-refractivity contribution in [2.24, 2.45) is 0 Å². The Morgan fingerprint density at radius 1 is 1.32 bits per heavy atom. The quantitative estimate of drug-likeness (QED) is 0.649. The number of carbonyl (C=O) groups excluding carboxylic acids is 1. The number of aliphatic hydroxyl groups is 1. The molecule has 2 fully saturated rings. The zero-order valence-electron chi connectivity index (χ0n) is 11.3. The summed E-state index contributed by atoms with van der Waals surface area (Å²) in [5, 5.41) is 15.2.